The fourth-order valence-corrected chi connectivity index (χ4v) is 5.69. The van der Waals surface area contributed by atoms with E-state index in [4.69, 9.17) is 11.6 Å². The monoisotopic (exact) mass is 533 g/mol. The molecular weight excluding hydrogens is 508 g/mol. The second kappa shape index (κ2) is 11.5. The van der Waals surface area contributed by atoms with Crippen LogP contribution in [0.5, 0.6) is 0 Å². The van der Waals surface area contributed by atoms with E-state index in [9.17, 15) is 22.0 Å². The summed E-state index contributed by atoms with van der Waals surface area (Å²) in [5, 5.41) is 0.459. The zero-order valence-corrected chi connectivity index (χ0v) is 21.1. The number of carbonyl (C=O) groups excluding carboxylic acids is 1. The minimum absolute atomic E-state index is 0.0648. The van der Waals surface area contributed by atoms with Crippen molar-refractivity contribution < 1.29 is 22.0 Å². The fourth-order valence-electron chi connectivity index (χ4n) is 4.08. The number of hydrogen-bond acceptors (Lipinski definition) is 4. The summed E-state index contributed by atoms with van der Waals surface area (Å²) in [7, 11) is -3.70. The highest BCUT2D eigenvalue weighted by Gasteiger charge is 2.29. The fraction of sp³-hybridized carbons (Fsp3) is 0.269. The van der Waals surface area contributed by atoms with Crippen molar-refractivity contribution in [3.8, 4) is 0 Å². The molecule has 1 heterocycles. The molecule has 0 unspecified atom stereocenters. The molecule has 190 valence electrons. The Hall–Kier alpha value is -2.85. The molecule has 1 aliphatic heterocycles. The molecule has 6 nitrogen and oxygen atoms in total. The first kappa shape index (κ1) is 26.2. The molecule has 0 bridgehead atoms. The van der Waals surface area contributed by atoms with Crippen LogP contribution in [0.1, 0.15) is 15.9 Å². The molecule has 3 aromatic rings. The Balaban J connectivity index is 1.40. The smallest absolute Gasteiger partial charge is 0.254 e. The van der Waals surface area contributed by atoms with Gasteiger partial charge >= 0.3 is 0 Å². The molecule has 0 N–H and O–H groups in total. The van der Waals surface area contributed by atoms with Gasteiger partial charge in [-0.2, -0.15) is 4.31 Å². The highest BCUT2D eigenvalue weighted by atomic mass is 35.5. The second-order valence-corrected chi connectivity index (χ2v) is 10.9. The van der Waals surface area contributed by atoms with Crippen molar-refractivity contribution in [3.63, 3.8) is 0 Å². The third kappa shape index (κ3) is 6.47. The van der Waals surface area contributed by atoms with E-state index in [0.29, 0.717) is 56.4 Å². The third-order valence-electron chi connectivity index (χ3n) is 6.11. The Kier molecular flexibility index (Phi) is 8.35. The molecule has 0 spiro atoms. The Morgan fingerprint density at radius 1 is 0.889 bits per heavy atom. The molecule has 0 atom stereocenters. The molecule has 3 aromatic carbocycles. The summed E-state index contributed by atoms with van der Waals surface area (Å²) in [6, 6.07) is 17.5. The van der Waals surface area contributed by atoms with Crippen LogP contribution in [0, 0.1) is 11.6 Å². The van der Waals surface area contributed by atoms with Crippen LogP contribution in [0.4, 0.5) is 8.78 Å². The van der Waals surface area contributed by atoms with Crippen molar-refractivity contribution in [1.29, 1.82) is 0 Å². The van der Waals surface area contributed by atoms with E-state index in [1.165, 1.54) is 28.6 Å². The number of carbonyl (C=O) groups is 1. The molecule has 1 amide bonds. The SMILES string of the molecule is O=C(c1cccc(Cl)c1)N(CCN1CCN(S(=O)(=O)c2ccc(F)cc2)CC1)Cc1ccc(F)cc1. The quantitative estimate of drug-likeness (QED) is 0.434. The number of sulfonamides is 1. The summed E-state index contributed by atoms with van der Waals surface area (Å²) < 4.78 is 53.7. The van der Waals surface area contributed by atoms with Crippen LogP contribution < -0.4 is 0 Å². The Morgan fingerprint density at radius 3 is 2.11 bits per heavy atom. The number of nitrogens with zero attached hydrogens (tertiary/aromatic N) is 3. The van der Waals surface area contributed by atoms with Crippen LogP contribution in [0.15, 0.2) is 77.7 Å². The summed E-state index contributed by atoms with van der Waals surface area (Å²) in [5.74, 6) is -1.03. The second-order valence-electron chi connectivity index (χ2n) is 8.56. The predicted octanol–water partition coefficient (Wildman–Crippen LogP) is 4.27. The van der Waals surface area contributed by atoms with Gasteiger partial charge in [-0.05, 0) is 60.2 Å². The van der Waals surface area contributed by atoms with Crippen LogP contribution in [-0.2, 0) is 16.6 Å². The van der Waals surface area contributed by atoms with Gasteiger partial charge in [0.2, 0.25) is 10.0 Å². The van der Waals surface area contributed by atoms with E-state index in [0.717, 1.165) is 17.7 Å². The molecule has 0 radical (unpaired) electrons. The lowest BCUT2D eigenvalue weighted by molar-refractivity contribution is 0.0710. The minimum Gasteiger partial charge on any atom is -0.333 e. The summed E-state index contributed by atoms with van der Waals surface area (Å²) in [6.07, 6.45) is 0. The highest BCUT2D eigenvalue weighted by Crippen LogP contribution is 2.19. The van der Waals surface area contributed by atoms with Gasteiger partial charge in [-0.3, -0.25) is 9.69 Å². The van der Waals surface area contributed by atoms with Gasteiger partial charge in [-0.1, -0.05) is 29.8 Å². The van der Waals surface area contributed by atoms with Crippen molar-refractivity contribution >= 4 is 27.5 Å². The Bertz CT molecular complexity index is 1300. The highest BCUT2D eigenvalue weighted by molar-refractivity contribution is 7.89. The lowest BCUT2D eigenvalue weighted by atomic mass is 10.1. The summed E-state index contributed by atoms with van der Waals surface area (Å²) >= 11 is 6.08. The van der Waals surface area contributed by atoms with Crippen molar-refractivity contribution in [2.75, 3.05) is 39.3 Å². The normalized spacial score (nSPS) is 15.1. The topological polar surface area (TPSA) is 60.9 Å². The predicted molar refractivity (Wildman–Crippen MR) is 134 cm³/mol. The van der Waals surface area contributed by atoms with Crippen molar-refractivity contribution in [2.24, 2.45) is 0 Å². The van der Waals surface area contributed by atoms with Crippen molar-refractivity contribution in [1.82, 2.24) is 14.1 Å². The zero-order valence-electron chi connectivity index (χ0n) is 19.5. The van der Waals surface area contributed by atoms with Gasteiger partial charge in [0.05, 0.1) is 4.90 Å². The van der Waals surface area contributed by atoms with Gasteiger partial charge < -0.3 is 4.90 Å². The van der Waals surface area contributed by atoms with Crippen molar-refractivity contribution in [2.45, 2.75) is 11.4 Å². The molecule has 36 heavy (non-hydrogen) atoms. The number of halogens is 3. The van der Waals surface area contributed by atoms with Gasteiger partial charge in [0.1, 0.15) is 11.6 Å². The number of piperazine rings is 1. The lowest BCUT2D eigenvalue weighted by Gasteiger charge is -2.35. The van der Waals surface area contributed by atoms with Gasteiger partial charge in [0, 0.05) is 56.4 Å². The van der Waals surface area contributed by atoms with Crippen LogP contribution in [0.3, 0.4) is 0 Å². The Morgan fingerprint density at radius 2 is 1.50 bits per heavy atom. The summed E-state index contributed by atoms with van der Waals surface area (Å²) in [4.78, 5) is 17.1. The molecule has 0 saturated carbocycles. The standard InChI is InChI=1S/C26H26ClF2N3O3S/c27-22-3-1-2-21(18-22)26(33)31(19-20-4-6-23(28)7-5-20)15-12-30-13-16-32(17-14-30)36(34,35)25-10-8-24(29)9-11-25/h1-11,18H,12-17,19H2. The zero-order chi connectivity index (χ0) is 25.7. The average molecular weight is 534 g/mol. The molecule has 1 saturated heterocycles. The molecule has 0 aromatic heterocycles. The van der Waals surface area contributed by atoms with Crippen LogP contribution in [0.25, 0.3) is 0 Å². The first-order valence-corrected chi connectivity index (χ1v) is 13.3. The van der Waals surface area contributed by atoms with E-state index < -0.39 is 15.8 Å². The van der Waals surface area contributed by atoms with Crippen LogP contribution >= 0.6 is 11.6 Å². The molecular formula is C26H26ClF2N3O3S. The third-order valence-corrected chi connectivity index (χ3v) is 8.26. The Labute approximate surface area is 214 Å². The van der Waals surface area contributed by atoms with Gasteiger partial charge in [-0.25, -0.2) is 17.2 Å². The van der Waals surface area contributed by atoms with E-state index in [-0.39, 0.29) is 16.6 Å². The lowest BCUT2D eigenvalue weighted by Crippen LogP contribution is -2.50. The van der Waals surface area contributed by atoms with E-state index in [1.807, 2.05) is 0 Å². The summed E-state index contributed by atoms with van der Waals surface area (Å²) in [5.41, 5.74) is 1.25. The summed E-state index contributed by atoms with van der Waals surface area (Å²) in [6.45, 7) is 2.81. The molecule has 0 aliphatic carbocycles. The molecule has 1 fully saturated rings. The molecule has 10 heteroatoms. The maximum absolute atomic E-state index is 13.4. The first-order chi connectivity index (χ1) is 17.2. The van der Waals surface area contributed by atoms with Crippen molar-refractivity contribution in [3.05, 3.63) is 101 Å². The first-order valence-electron chi connectivity index (χ1n) is 11.5. The number of hydrogen-bond donors (Lipinski definition) is 0. The van der Waals surface area contributed by atoms with E-state index in [1.54, 1.807) is 41.3 Å². The molecule has 1 aliphatic rings. The van der Waals surface area contributed by atoms with Gasteiger partial charge in [0.25, 0.3) is 5.91 Å². The largest absolute Gasteiger partial charge is 0.333 e. The maximum atomic E-state index is 13.4. The maximum Gasteiger partial charge on any atom is 0.254 e. The van der Waals surface area contributed by atoms with Gasteiger partial charge in [-0.15, -0.1) is 0 Å². The number of benzene rings is 3. The molecule has 4 rings (SSSR count). The van der Waals surface area contributed by atoms with Crippen LogP contribution in [-0.4, -0.2) is 67.7 Å². The van der Waals surface area contributed by atoms with Crippen LogP contribution in [0.2, 0.25) is 5.02 Å². The number of amides is 1. The minimum atomic E-state index is -3.70. The van der Waals surface area contributed by atoms with Gasteiger partial charge in [0.15, 0.2) is 0 Å². The van der Waals surface area contributed by atoms with E-state index >= 15 is 0 Å². The van der Waals surface area contributed by atoms with E-state index in [2.05, 4.69) is 4.90 Å². The average Bonchev–Trinajstić information content (AvgIpc) is 2.88. The number of rotatable bonds is 8.